The number of amides is 1. The summed E-state index contributed by atoms with van der Waals surface area (Å²) in [7, 11) is 0. The molecule has 1 aliphatic rings. The number of rotatable bonds is 7. The highest BCUT2D eigenvalue weighted by Crippen LogP contribution is 2.35. The van der Waals surface area contributed by atoms with Crippen LogP contribution >= 0.6 is 0 Å². The van der Waals surface area contributed by atoms with Crippen molar-refractivity contribution in [2.24, 2.45) is 11.3 Å². The van der Waals surface area contributed by atoms with E-state index in [9.17, 15) is 4.79 Å². The number of nitrogens with one attached hydrogen (secondary N) is 1. The minimum atomic E-state index is -0.356. The van der Waals surface area contributed by atoms with Crippen LogP contribution in [0.2, 0.25) is 0 Å². The zero-order chi connectivity index (χ0) is 19.1. The molecule has 0 atom stereocenters. The number of hydrogen-bond acceptors (Lipinski definition) is 3. The van der Waals surface area contributed by atoms with E-state index in [2.05, 4.69) is 54.5 Å². The van der Waals surface area contributed by atoms with Gasteiger partial charge in [-0.15, -0.1) is 0 Å². The van der Waals surface area contributed by atoms with Gasteiger partial charge in [0.15, 0.2) is 0 Å². The van der Waals surface area contributed by atoms with E-state index in [1.54, 1.807) is 6.20 Å². The lowest BCUT2D eigenvalue weighted by atomic mass is 9.74. The van der Waals surface area contributed by atoms with Gasteiger partial charge in [-0.3, -0.25) is 9.78 Å². The Morgan fingerprint density at radius 2 is 1.89 bits per heavy atom. The molecule has 1 fully saturated rings. The van der Waals surface area contributed by atoms with Gasteiger partial charge in [0.25, 0.3) is 0 Å². The molecule has 0 spiro atoms. The Morgan fingerprint density at radius 1 is 1.15 bits per heavy atom. The first-order valence-corrected chi connectivity index (χ1v) is 9.94. The summed E-state index contributed by atoms with van der Waals surface area (Å²) in [5.41, 5.74) is 3.10. The lowest BCUT2D eigenvalue weighted by Gasteiger charge is -2.36. The van der Waals surface area contributed by atoms with Gasteiger partial charge >= 0.3 is 0 Å². The fourth-order valence-electron chi connectivity index (χ4n) is 3.65. The zero-order valence-electron chi connectivity index (χ0n) is 16.4. The van der Waals surface area contributed by atoms with Crippen molar-refractivity contribution >= 4 is 5.91 Å². The standard InChI is InChI=1S/C23H30N2O2/c1-18(2)9-13-25-22(26)23(10-14-27-15-11-23)16-19-5-7-20(8-6-19)21-4-3-12-24-17-21/h3-8,12,17-18H,9-11,13-16H2,1-2H3,(H,25,26). The van der Waals surface area contributed by atoms with Crippen molar-refractivity contribution in [3.8, 4) is 11.1 Å². The van der Waals surface area contributed by atoms with Crippen LogP contribution in [0, 0.1) is 11.3 Å². The number of benzene rings is 1. The highest BCUT2D eigenvalue weighted by Gasteiger charge is 2.39. The van der Waals surface area contributed by atoms with Gasteiger partial charge in [-0.2, -0.15) is 0 Å². The van der Waals surface area contributed by atoms with E-state index in [4.69, 9.17) is 4.74 Å². The molecule has 0 radical (unpaired) electrons. The lowest BCUT2D eigenvalue weighted by Crippen LogP contribution is -2.46. The van der Waals surface area contributed by atoms with Crippen LogP contribution in [0.3, 0.4) is 0 Å². The second-order valence-electron chi connectivity index (χ2n) is 7.95. The molecule has 0 bridgehead atoms. The first kappa shape index (κ1) is 19.6. The number of hydrogen-bond donors (Lipinski definition) is 1. The Bertz CT molecular complexity index is 720. The van der Waals surface area contributed by atoms with Gasteiger partial charge in [0.1, 0.15) is 0 Å². The largest absolute Gasteiger partial charge is 0.381 e. The minimum absolute atomic E-state index is 0.183. The molecule has 0 saturated carbocycles. The molecule has 1 aromatic heterocycles. The van der Waals surface area contributed by atoms with Gasteiger partial charge < -0.3 is 10.1 Å². The van der Waals surface area contributed by atoms with E-state index in [1.807, 2.05) is 12.3 Å². The summed E-state index contributed by atoms with van der Waals surface area (Å²) in [6.45, 7) is 6.43. The molecule has 2 aromatic rings. The van der Waals surface area contributed by atoms with Crippen LogP contribution in [0.1, 0.15) is 38.7 Å². The van der Waals surface area contributed by atoms with E-state index < -0.39 is 0 Å². The molecule has 0 unspecified atom stereocenters. The number of ether oxygens (including phenoxy) is 1. The average molecular weight is 367 g/mol. The third-order valence-electron chi connectivity index (χ3n) is 5.43. The van der Waals surface area contributed by atoms with Gasteiger partial charge in [-0.05, 0) is 54.4 Å². The maximum absolute atomic E-state index is 13.0. The summed E-state index contributed by atoms with van der Waals surface area (Å²) in [5.74, 6) is 0.777. The number of aromatic nitrogens is 1. The molecular formula is C23H30N2O2. The molecule has 2 heterocycles. The summed E-state index contributed by atoms with van der Waals surface area (Å²) in [5, 5.41) is 3.18. The van der Waals surface area contributed by atoms with Crippen LogP contribution in [0.5, 0.6) is 0 Å². The van der Waals surface area contributed by atoms with Crippen molar-refractivity contribution in [1.82, 2.24) is 10.3 Å². The molecule has 1 aromatic carbocycles. The lowest BCUT2D eigenvalue weighted by molar-refractivity contribution is -0.136. The van der Waals surface area contributed by atoms with Crippen LogP contribution in [-0.4, -0.2) is 30.6 Å². The first-order valence-electron chi connectivity index (χ1n) is 9.94. The van der Waals surface area contributed by atoms with Crippen molar-refractivity contribution in [1.29, 1.82) is 0 Å². The summed E-state index contributed by atoms with van der Waals surface area (Å²) < 4.78 is 5.55. The predicted molar refractivity (Wildman–Crippen MR) is 108 cm³/mol. The van der Waals surface area contributed by atoms with E-state index >= 15 is 0 Å². The van der Waals surface area contributed by atoms with E-state index in [-0.39, 0.29) is 11.3 Å². The Labute approximate surface area is 162 Å². The van der Waals surface area contributed by atoms with Crippen molar-refractivity contribution in [3.63, 3.8) is 0 Å². The molecule has 1 N–H and O–H groups in total. The predicted octanol–water partition coefficient (Wildman–Crippen LogP) is 4.25. The number of nitrogens with zero attached hydrogens (tertiary/aromatic N) is 1. The van der Waals surface area contributed by atoms with Crippen LogP contribution in [0.25, 0.3) is 11.1 Å². The molecule has 0 aliphatic carbocycles. The fourth-order valence-corrected chi connectivity index (χ4v) is 3.65. The highest BCUT2D eigenvalue weighted by atomic mass is 16.5. The Hall–Kier alpha value is -2.20. The van der Waals surface area contributed by atoms with E-state index in [1.165, 1.54) is 5.56 Å². The van der Waals surface area contributed by atoms with Gasteiger partial charge in [-0.25, -0.2) is 0 Å². The van der Waals surface area contributed by atoms with Crippen LogP contribution in [0.4, 0.5) is 0 Å². The molecule has 144 valence electrons. The SMILES string of the molecule is CC(C)CCNC(=O)C1(Cc2ccc(-c3cccnc3)cc2)CCOCC1. The Kier molecular flexibility index (Phi) is 6.62. The van der Waals surface area contributed by atoms with Crippen molar-refractivity contribution in [3.05, 3.63) is 54.4 Å². The van der Waals surface area contributed by atoms with Crippen LogP contribution < -0.4 is 5.32 Å². The van der Waals surface area contributed by atoms with Gasteiger partial charge in [-0.1, -0.05) is 44.2 Å². The molecular weight excluding hydrogens is 336 g/mol. The second-order valence-corrected chi connectivity index (χ2v) is 7.95. The zero-order valence-corrected chi connectivity index (χ0v) is 16.4. The Morgan fingerprint density at radius 3 is 2.52 bits per heavy atom. The molecule has 4 nitrogen and oxygen atoms in total. The maximum Gasteiger partial charge on any atom is 0.226 e. The molecule has 4 heteroatoms. The average Bonchev–Trinajstić information content (AvgIpc) is 2.69. The first-order chi connectivity index (χ1) is 13.1. The van der Waals surface area contributed by atoms with Crippen molar-refractivity contribution < 1.29 is 9.53 Å². The van der Waals surface area contributed by atoms with Gasteiger partial charge in [0.05, 0.1) is 5.41 Å². The maximum atomic E-state index is 13.0. The summed E-state index contributed by atoms with van der Waals surface area (Å²) in [6, 6.07) is 12.5. The minimum Gasteiger partial charge on any atom is -0.381 e. The van der Waals surface area contributed by atoms with Gasteiger partial charge in [0.2, 0.25) is 5.91 Å². The molecule has 27 heavy (non-hydrogen) atoms. The normalized spacial score (nSPS) is 16.3. The highest BCUT2D eigenvalue weighted by molar-refractivity contribution is 5.83. The molecule has 3 rings (SSSR count). The monoisotopic (exact) mass is 366 g/mol. The Balaban J connectivity index is 1.71. The summed E-state index contributed by atoms with van der Waals surface area (Å²) in [6.07, 6.45) is 6.99. The van der Waals surface area contributed by atoms with Gasteiger partial charge in [0, 0.05) is 32.2 Å². The third kappa shape index (κ3) is 5.16. The van der Waals surface area contributed by atoms with Crippen molar-refractivity contribution in [2.75, 3.05) is 19.8 Å². The summed E-state index contributed by atoms with van der Waals surface area (Å²) in [4.78, 5) is 17.2. The number of carbonyl (C=O) groups excluding carboxylic acids is 1. The third-order valence-corrected chi connectivity index (χ3v) is 5.43. The summed E-state index contributed by atoms with van der Waals surface area (Å²) >= 11 is 0. The molecule has 1 amide bonds. The van der Waals surface area contributed by atoms with Crippen LogP contribution in [-0.2, 0) is 16.0 Å². The fraction of sp³-hybridized carbons (Fsp3) is 0.478. The molecule has 1 aliphatic heterocycles. The number of pyridine rings is 1. The van der Waals surface area contributed by atoms with Crippen molar-refractivity contribution in [2.45, 2.75) is 39.5 Å². The smallest absolute Gasteiger partial charge is 0.226 e. The van der Waals surface area contributed by atoms with E-state index in [0.717, 1.165) is 43.4 Å². The number of carbonyl (C=O) groups is 1. The quantitative estimate of drug-likeness (QED) is 0.797. The topological polar surface area (TPSA) is 51.2 Å². The molecule has 1 saturated heterocycles. The van der Waals surface area contributed by atoms with Crippen LogP contribution in [0.15, 0.2) is 48.8 Å². The van der Waals surface area contributed by atoms with E-state index in [0.29, 0.717) is 19.1 Å². The second kappa shape index (κ2) is 9.14.